The number of nitrogens with zero attached hydrogens (tertiary/aromatic N) is 2. The monoisotopic (exact) mass is 478 g/mol. The maximum absolute atomic E-state index is 13.2. The first-order valence-electron chi connectivity index (χ1n) is 10.9. The number of aliphatic hydroxyl groups excluding tert-OH is 1. The van der Waals surface area contributed by atoms with Crippen LogP contribution in [-0.4, -0.2) is 40.2 Å². The van der Waals surface area contributed by atoms with Crippen molar-refractivity contribution < 1.29 is 32.2 Å². The first-order chi connectivity index (χ1) is 16.1. The number of benzene rings is 1. The molecule has 11 heteroatoms. The lowest BCUT2D eigenvalue weighted by atomic mass is 10.1. The molecule has 4 rings (SSSR count). The van der Waals surface area contributed by atoms with Gasteiger partial charge in [-0.2, -0.15) is 13.2 Å². The van der Waals surface area contributed by atoms with Crippen molar-refractivity contribution in [1.82, 2.24) is 15.3 Å². The van der Waals surface area contributed by atoms with E-state index < -0.39 is 36.0 Å². The summed E-state index contributed by atoms with van der Waals surface area (Å²) in [6.07, 6.45) is -2.78. The fraction of sp³-hybridized carbons (Fsp3) is 0.435. The van der Waals surface area contributed by atoms with E-state index in [0.717, 1.165) is 12.5 Å². The Kier molecular flexibility index (Phi) is 6.50. The number of hydrogen-bond donors (Lipinski definition) is 3. The van der Waals surface area contributed by atoms with Gasteiger partial charge in [0.1, 0.15) is 17.0 Å². The largest absolute Gasteiger partial charge is 0.494 e. The van der Waals surface area contributed by atoms with Crippen molar-refractivity contribution in [3.05, 3.63) is 41.4 Å². The number of rotatable bonds is 6. The van der Waals surface area contributed by atoms with Crippen LogP contribution < -0.4 is 15.8 Å². The highest BCUT2D eigenvalue weighted by Gasteiger charge is 2.34. The van der Waals surface area contributed by atoms with Crippen LogP contribution in [0.15, 0.2) is 28.7 Å². The van der Waals surface area contributed by atoms with Gasteiger partial charge in [-0.05, 0) is 49.9 Å². The molecule has 4 N–H and O–H groups in total. The SMILES string of the molecule is CC[C@H](N)c1oc(-c2ccc(OC)c3nc(C(F)(F)F)ccc23)nc1C(=O)N[C@@H]1CCC[C@H]1O. The standard InChI is InChI=1S/C23H25F3N4O4/c1-3-13(27)20-19(21(32)28-14-5-4-6-15(14)31)30-22(34-20)12-7-9-16(33-2)18-11(12)8-10-17(29-18)23(24,25)26/h7-10,13-15,31H,3-6,27H2,1-2H3,(H,28,32)/t13-,14+,15+/m0/s1. The first-order valence-corrected chi connectivity index (χ1v) is 10.9. The highest BCUT2D eigenvalue weighted by atomic mass is 19.4. The lowest BCUT2D eigenvalue weighted by Crippen LogP contribution is -2.40. The molecule has 182 valence electrons. The number of nitrogens with two attached hydrogens (primary N) is 1. The molecule has 1 amide bonds. The van der Waals surface area contributed by atoms with Crippen molar-refractivity contribution in [2.45, 2.75) is 57.0 Å². The molecule has 0 bridgehead atoms. The summed E-state index contributed by atoms with van der Waals surface area (Å²) in [7, 11) is 1.33. The van der Waals surface area contributed by atoms with Crippen LogP contribution in [-0.2, 0) is 6.18 Å². The molecule has 0 aliphatic heterocycles. The molecule has 1 aliphatic carbocycles. The molecule has 0 spiro atoms. The number of carbonyl (C=O) groups is 1. The molecular formula is C23H25F3N4O4. The number of hydrogen-bond acceptors (Lipinski definition) is 7. The van der Waals surface area contributed by atoms with E-state index in [1.807, 2.05) is 6.92 Å². The highest BCUT2D eigenvalue weighted by molar-refractivity contribution is 5.98. The maximum atomic E-state index is 13.2. The van der Waals surface area contributed by atoms with Gasteiger partial charge in [-0.3, -0.25) is 4.79 Å². The van der Waals surface area contributed by atoms with Gasteiger partial charge in [0.25, 0.3) is 5.91 Å². The second kappa shape index (κ2) is 9.22. The first kappa shape index (κ1) is 24.0. The third-order valence-corrected chi connectivity index (χ3v) is 6.00. The van der Waals surface area contributed by atoms with E-state index in [1.54, 1.807) is 6.07 Å². The zero-order chi connectivity index (χ0) is 24.6. The normalized spacial score (nSPS) is 19.4. The second-order valence-electron chi connectivity index (χ2n) is 8.23. The lowest BCUT2D eigenvalue weighted by molar-refractivity contribution is -0.140. The number of pyridine rings is 1. The van der Waals surface area contributed by atoms with Crippen molar-refractivity contribution in [2.75, 3.05) is 7.11 Å². The number of halogens is 3. The number of fused-ring (bicyclic) bond motifs is 1. The van der Waals surface area contributed by atoms with Crippen LogP contribution in [0.2, 0.25) is 0 Å². The third-order valence-electron chi connectivity index (χ3n) is 6.00. The number of amides is 1. The summed E-state index contributed by atoms with van der Waals surface area (Å²) < 4.78 is 50.8. The van der Waals surface area contributed by atoms with Gasteiger partial charge in [-0.15, -0.1) is 0 Å². The van der Waals surface area contributed by atoms with Crippen molar-refractivity contribution in [3.63, 3.8) is 0 Å². The summed E-state index contributed by atoms with van der Waals surface area (Å²) in [6, 6.07) is 4.14. The molecule has 3 aromatic rings. The van der Waals surface area contributed by atoms with Gasteiger partial charge in [0.05, 0.1) is 25.3 Å². The number of nitrogens with one attached hydrogen (secondary N) is 1. The van der Waals surface area contributed by atoms with Gasteiger partial charge in [-0.25, -0.2) is 9.97 Å². The van der Waals surface area contributed by atoms with E-state index in [4.69, 9.17) is 14.9 Å². The molecule has 34 heavy (non-hydrogen) atoms. The summed E-state index contributed by atoms with van der Waals surface area (Å²) in [5, 5.41) is 13.2. The van der Waals surface area contributed by atoms with Crippen molar-refractivity contribution >= 4 is 16.8 Å². The number of alkyl halides is 3. The summed E-state index contributed by atoms with van der Waals surface area (Å²) in [5.41, 5.74) is 5.40. The minimum Gasteiger partial charge on any atom is -0.494 e. The molecule has 1 aromatic carbocycles. The van der Waals surface area contributed by atoms with Gasteiger partial charge in [0.15, 0.2) is 11.5 Å². The third kappa shape index (κ3) is 4.45. The van der Waals surface area contributed by atoms with E-state index in [1.165, 1.54) is 19.2 Å². The number of methoxy groups -OCH3 is 1. The van der Waals surface area contributed by atoms with E-state index in [0.29, 0.717) is 30.2 Å². The smallest absolute Gasteiger partial charge is 0.433 e. The highest BCUT2D eigenvalue weighted by Crippen LogP contribution is 2.37. The predicted octanol–water partition coefficient (Wildman–Crippen LogP) is 3.97. The quantitative estimate of drug-likeness (QED) is 0.490. The molecule has 1 saturated carbocycles. The Bertz CT molecular complexity index is 1210. The predicted molar refractivity (Wildman–Crippen MR) is 117 cm³/mol. The summed E-state index contributed by atoms with van der Waals surface area (Å²) >= 11 is 0. The van der Waals surface area contributed by atoms with Crippen LogP contribution in [0.25, 0.3) is 22.4 Å². The molecule has 8 nitrogen and oxygen atoms in total. The molecule has 2 aromatic heterocycles. The van der Waals surface area contributed by atoms with E-state index in [2.05, 4.69) is 15.3 Å². The van der Waals surface area contributed by atoms with Crippen LogP contribution in [0, 0.1) is 0 Å². The number of ether oxygens (including phenoxy) is 1. The molecule has 1 fully saturated rings. The zero-order valence-electron chi connectivity index (χ0n) is 18.6. The van der Waals surface area contributed by atoms with Crippen LogP contribution in [0.5, 0.6) is 5.75 Å². The minimum atomic E-state index is -4.63. The van der Waals surface area contributed by atoms with Gasteiger partial charge in [0.2, 0.25) is 5.89 Å². The maximum Gasteiger partial charge on any atom is 0.433 e. The molecule has 0 radical (unpaired) electrons. The van der Waals surface area contributed by atoms with Gasteiger partial charge in [0, 0.05) is 10.9 Å². The number of aromatic nitrogens is 2. The van der Waals surface area contributed by atoms with Crippen LogP contribution in [0.3, 0.4) is 0 Å². The van der Waals surface area contributed by atoms with Crippen molar-refractivity contribution in [1.29, 1.82) is 0 Å². The summed E-state index contributed by atoms with van der Waals surface area (Å²) in [5.74, 6) is -0.207. The summed E-state index contributed by atoms with van der Waals surface area (Å²) in [4.78, 5) is 21.1. The molecule has 0 saturated heterocycles. The van der Waals surface area contributed by atoms with Crippen LogP contribution in [0.1, 0.15) is 60.6 Å². The number of oxazole rings is 1. The fourth-order valence-electron chi connectivity index (χ4n) is 4.09. The van der Waals surface area contributed by atoms with Crippen molar-refractivity contribution in [3.8, 4) is 17.2 Å². The molecule has 2 heterocycles. The average Bonchev–Trinajstić information content (AvgIpc) is 3.43. The Morgan fingerprint density at radius 2 is 2.06 bits per heavy atom. The van der Waals surface area contributed by atoms with Gasteiger partial charge in [-0.1, -0.05) is 6.92 Å². The van der Waals surface area contributed by atoms with E-state index in [-0.39, 0.29) is 28.6 Å². The fourth-order valence-corrected chi connectivity index (χ4v) is 4.09. The van der Waals surface area contributed by atoms with Crippen LogP contribution in [0.4, 0.5) is 13.2 Å². The van der Waals surface area contributed by atoms with Crippen molar-refractivity contribution in [2.24, 2.45) is 5.73 Å². The Morgan fingerprint density at radius 3 is 2.68 bits per heavy atom. The molecule has 1 aliphatic rings. The molecule has 3 atom stereocenters. The van der Waals surface area contributed by atoms with E-state index in [9.17, 15) is 23.1 Å². The lowest BCUT2D eigenvalue weighted by Gasteiger charge is -2.16. The zero-order valence-corrected chi connectivity index (χ0v) is 18.6. The Balaban J connectivity index is 1.81. The Hall–Kier alpha value is -3.18. The summed E-state index contributed by atoms with van der Waals surface area (Å²) in [6.45, 7) is 1.82. The second-order valence-corrected chi connectivity index (χ2v) is 8.23. The minimum absolute atomic E-state index is 0.0187. The molecule has 0 unspecified atom stereocenters. The topological polar surface area (TPSA) is 124 Å². The average molecular weight is 478 g/mol. The Labute approximate surface area is 193 Å². The van der Waals surface area contributed by atoms with Gasteiger partial charge >= 0.3 is 6.18 Å². The van der Waals surface area contributed by atoms with E-state index >= 15 is 0 Å². The van der Waals surface area contributed by atoms with Gasteiger partial charge < -0.3 is 25.3 Å². The Morgan fingerprint density at radius 1 is 1.29 bits per heavy atom. The number of carbonyl (C=O) groups excluding carboxylic acids is 1. The van der Waals surface area contributed by atoms with Crippen LogP contribution >= 0.6 is 0 Å². The molecular weight excluding hydrogens is 453 g/mol. The number of aliphatic hydroxyl groups is 1.